The maximum absolute atomic E-state index is 4.37. The van der Waals surface area contributed by atoms with Crippen molar-refractivity contribution in [2.45, 2.75) is 39.2 Å². The zero-order chi connectivity index (χ0) is 11.0. The van der Waals surface area contributed by atoms with Gasteiger partial charge in [0.2, 0.25) is 5.95 Å². The van der Waals surface area contributed by atoms with E-state index in [4.69, 9.17) is 0 Å². The summed E-state index contributed by atoms with van der Waals surface area (Å²) in [6.07, 6.45) is 9.78. The number of hydrogen-bond acceptors (Lipinski definition) is 2. The van der Waals surface area contributed by atoms with Gasteiger partial charge >= 0.3 is 0 Å². The van der Waals surface area contributed by atoms with E-state index in [1.807, 2.05) is 12.4 Å². The highest BCUT2D eigenvalue weighted by molar-refractivity contribution is 5.26. The third-order valence-corrected chi connectivity index (χ3v) is 4.01. The molecule has 0 unspecified atom stereocenters. The van der Waals surface area contributed by atoms with Crippen molar-refractivity contribution in [1.29, 1.82) is 0 Å². The zero-order valence-corrected chi connectivity index (χ0v) is 10.0. The lowest BCUT2D eigenvalue weighted by atomic mass is 9.98. The molecule has 0 saturated heterocycles. The highest BCUT2D eigenvalue weighted by Crippen LogP contribution is 2.49. The normalized spacial score (nSPS) is 20.4. The Balaban J connectivity index is 1.58. The van der Waals surface area contributed by atoms with Gasteiger partial charge in [0, 0.05) is 25.5 Å². The SMILES string of the molecule is CCn1ccnc1NCC(C1CC1)C1CC1. The highest BCUT2D eigenvalue weighted by atomic mass is 15.2. The van der Waals surface area contributed by atoms with Crippen molar-refractivity contribution in [3.05, 3.63) is 12.4 Å². The van der Waals surface area contributed by atoms with Gasteiger partial charge in [-0.05, 0) is 50.4 Å². The first-order chi connectivity index (χ1) is 7.88. The topological polar surface area (TPSA) is 29.9 Å². The van der Waals surface area contributed by atoms with Crippen molar-refractivity contribution in [2.75, 3.05) is 11.9 Å². The molecule has 0 atom stereocenters. The van der Waals surface area contributed by atoms with Gasteiger partial charge in [-0.15, -0.1) is 0 Å². The van der Waals surface area contributed by atoms with E-state index in [0.29, 0.717) is 0 Å². The Bertz CT molecular complexity index is 338. The summed E-state index contributed by atoms with van der Waals surface area (Å²) >= 11 is 0. The fourth-order valence-corrected chi connectivity index (χ4v) is 2.71. The molecule has 2 aliphatic rings. The first-order valence-corrected chi connectivity index (χ1v) is 6.63. The molecule has 0 aliphatic heterocycles. The Morgan fingerprint density at radius 1 is 1.38 bits per heavy atom. The lowest BCUT2D eigenvalue weighted by molar-refractivity contribution is 0.426. The summed E-state index contributed by atoms with van der Waals surface area (Å²) in [5.74, 6) is 4.01. The largest absolute Gasteiger partial charge is 0.355 e. The van der Waals surface area contributed by atoms with E-state index in [1.165, 1.54) is 25.7 Å². The standard InChI is InChI=1S/C13H21N3/c1-2-16-8-7-14-13(16)15-9-12(10-3-4-10)11-5-6-11/h7-8,10-12H,2-6,9H2,1H3,(H,14,15). The summed E-state index contributed by atoms with van der Waals surface area (Å²) in [7, 11) is 0. The monoisotopic (exact) mass is 219 g/mol. The van der Waals surface area contributed by atoms with Gasteiger partial charge in [0.25, 0.3) is 0 Å². The van der Waals surface area contributed by atoms with E-state index >= 15 is 0 Å². The molecule has 0 amide bonds. The summed E-state index contributed by atoms with van der Waals surface area (Å²) in [5, 5.41) is 3.54. The van der Waals surface area contributed by atoms with Gasteiger partial charge in [0.15, 0.2) is 0 Å². The van der Waals surface area contributed by atoms with E-state index < -0.39 is 0 Å². The van der Waals surface area contributed by atoms with Crippen LogP contribution in [0.3, 0.4) is 0 Å². The summed E-state index contributed by atoms with van der Waals surface area (Å²) < 4.78 is 2.18. The lowest BCUT2D eigenvalue weighted by Crippen LogP contribution is -2.20. The summed E-state index contributed by atoms with van der Waals surface area (Å²) in [5.41, 5.74) is 0. The highest BCUT2D eigenvalue weighted by Gasteiger charge is 2.41. The molecule has 2 aliphatic carbocycles. The molecule has 16 heavy (non-hydrogen) atoms. The molecule has 0 bridgehead atoms. The maximum Gasteiger partial charge on any atom is 0.202 e. The van der Waals surface area contributed by atoms with Crippen molar-refractivity contribution in [1.82, 2.24) is 9.55 Å². The molecule has 0 aromatic carbocycles. The van der Waals surface area contributed by atoms with E-state index in [-0.39, 0.29) is 0 Å². The fourth-order valence-electron chi connectivity index (χ4n) is 2.71. The first-order valence-electron chi connectivity index (χ1n) is 6.63. The number of nitrogens with one attached hydrogen (secondary N) is 1. The van der Waals surface area contributed by atoms with Crippen LogP contribution in [0.5, 0.6) is 0 Å². The van der Waals surface area contributed by atoms with Gasteiger partial charge in [-0.1, -0.05) is 0 Å². The first kappa shape index (κ1) is 10.2. The Hall–Kier alpha value is -0.990. The van der Waals surface area contributed by atoms with Gasteiger partial charge in [-0.25, -0.2) is 4.98 Å². The number of imidazole rings is 1. The molecule has 0 spiro atoms. The molecule has 1 heterocycles. The van der Waals surface area contributed by atoms with Crippen molar-refractivity contribution in [3.63, 3.8) is 0 Å². The van der Waals surface area contributed by atoms with Crippen LogP contribution in [0.4, 0.5) is 5.95 Å². The third-order valence-electron chi connectivity index (χ3n) is 4.01. The molecular formula is C13H21N3. The van der Waals surface area contributed by atoms with Crippen LogP contribution in [0.25, 0.3) is 0 Å². The van der Waals surface area contributed by atoms with E-state index in [9.17, 15) is 0 Å². The van der Waals surface area contributed by atoms with Crippen molar-refractivity contribution in [3.8, 4) is 0 Å². The summed E-state index contributed by atoms with van der Waals surface area (Å²) in [4.78, 5) is 4.37. The summed E-state index contributed by atoms with van der Waals surface area (Å²) in [6, 6.07) is 0. The fraction of sp³-hybridized carbons (Fsp3) is 0.769. The number of aryl methyl sites for hydroxylation is 1. The number of rotatable bonds is 6. The predicted molar refractivity (Wildman–Crippen MR) is 65.3 cm³/mol. The average Bonchev–Trinajstić information content (AvgIpc) is 3.19. The Morgan fingerprint density at radius 3 is 2.62 bits per heavy atom. The van der Waals surface area contributed by atoms with Crippen LogP contribution in [0.1, 0.15) is 32.6 Å². The number of hydrogen-bond donors (Lipinski definition) is 1. The van der Waals surface area contributed by atoms with Crippen LogP contribution in [0.2, 0.25) is 0 Å². The predicted octanol–water partition coefficient (Wildman–Crippen LogP) is 2.75. The number of aromatic nitrogens is 2. The molecule has 88 valence electrons. The van der Waals surface area contributed by atoms with Crippen LogP contribution >= 0.6 is 0 Å². The van der Waals surface area contributed by atoms with Gasteiger partial charge in [0.1, 0.15) is 0 Å². The van der Waals surface area contributed by atoms with Crippen molar-refractivity contribution >= 4 is 5.95 Å². The second kappa shape index (κ2) is 4.11. The maximum atomic E-state index is 4.37. The lowest BCUT2D eigenvalue weighted by Gasteiger charge is -2.17. The van der Waals surface area contributed by atoms with Gasteiger partial charge in [-0.3, -0.25) is 0 Å². The van der Waals surface area contributed by atoms with Crippen LogP contribution in [-0.2, 0) is 6.54 Å². The second-order valence-corrected chi connectivity index (χ2v) is 5.26. The molecule has 2 saturated carbocycles. The van der Waals surface area contributed by atoms with Gasteiger partial charge in [0.05, 0.1) is 0 Å². The van der Waals surface area contributed by atoms with Crippen molar-refractivity contribution < 1.29 is 0 Å². The number of anilines is 1. The van der Waals surface area contributed by atoms with Gasteiger partial charge in [-0.2, -0.15) is 0 Å². The molecule has 2 fully saturated rings. The molecule has 0 radical (unpaired) electrons. The molecule has 3 rings (SSSR count). The average molecular weight is 219 g/mol. The minimum atomic E-state index is 0.919. The van der Waals surface area contributed by atoms with Crippen LogP contribution in [-0.4, -0.2) is 16.1 Å². The minimum absolute atomic E-state index is 0.919. The molecule has 1 aromatic rings. The molecule has 1 aromatic heterocycles. The van der Waals surface area contributed by atoms with Crippen molar-refractivity contribution in [2.24, 2.45) is 17.8 Å². The molecule has 3 nitrogen and oxygen atoms in total. The van der Waals surface area contributed by atoms with E-state index in [0.717, 1.165) is 36.8 Å². The Labute approximate surface area is 97.3 Å². The van der Waals surface area contributed by atoms with Crippen LogP contribution in [0, 0.1) is 17.8 Å². The quantitative estimate of drug-likeness (QED) is 0.797. The third kappa shape index (κ3) is 2.08. The van der Waals surface area contributed by atoms with Crippen LogP contribution in [0.15, 0.2) is 12.4 Å². The smallest absolute Gasteiger partial charge is 0.202 e. The molecule has 1 N–H and O–H groups in total. The Kier molecular flexibility index (Phi) is 2.62. The van der Waals surface area contributed by atoms with E-state index in [2.05, 4.69) is 21.8 Å². The second-order valence-electron chi connectivity index (χ2n) is 5.26. The van der Waals surface area contributed by atoms with Crippen LogP contribution < -0.4 is 5.32 Å². The van der Waals surface area contributed by atoms with Gasteiger partial charge < -0.3 is 9.88 Å². The zero-order valence-electron chi connectivity index (χ0n) is 10.0. The number of nitrogens with zero attached hydrogens (tertiary/aromatic N) is 2. The molecular weight excluding hydrogens is 198 g/mol. The summed E-state index contributed by atoms with van der Waals surface area (Å²) in [6.45, 7) is 4.29. The Morgan fingerprint density at radius 2 is 2.06 bits per heavy atom. The molecule has 3 heteroatoms. The minimum Gasteiger partial charge on any atom is -0.355 e. The van der Waals surface area contributed by atoms with E-state index in [1.54, 1.807) is 0 Å².